The van der Waals surface area contributed by atoms with E-state index in [0.717, 1.165) is 12.3 Å². The first kappa shape index (κ1) is 5.72. The minimum absolute atomic E-state index is 0.0671. The highest BCUT2D eigenvalue weighted by atomic mass is 16.3. The van der Waals surface area contributed by atoms with Crippen LogP contribution in [0.1, 0.15) is 32.1 Å². The molecule has 2 saturated carbocycles. The van der Waals surface area contributed by atoms with Crippen LogP contribution >= 0.6 is 0 Å². The average Bonchev–Trinajstić information content (AvgIpc) is 2.35. The van der Waals surface area contributed by atoms with Crippen molar-refractivity contribution < 1.29 is 5.11 Å². The van der Waals surface area contributed by atoms with E-state index in [1.54, 1.807) is 0 Å². The lowest BCUT2D eigenvalue weighted by molar-refractivity contribution is 0.126. The van der Waals surface area contributed by atoms with Gasteiger partial charge in [-0.25, -0.2) is 0 Å². The second kappa shape index (κ2) is 1.98. The quantitative estimate of drug-likeness (QED) is 0.522. The molecule has 0 amide bonds. The largest absolute Gasteiger partial charge is 0.393 e. The molecule has 0 aromatic rings. The zero-order valence-corrected chi connectivity index (χ0v) is 5.71. The molecule has 52 valence electrons. The van der Waals surface area contributed by atoms with E-state index < -0.39 is 0 Å². The van der Waals surface area contributed by atoms with Crippen molar-refractivity contribution in [3.05, 3.63) is 0 Å². The molecule has 2 fully saturated rings. The van der Waals surface area contributed by atoms with Gasteiger partial charge in [-0.2, -0.15) is 0 Å². The fourth-order valence-corrected chi connectivity index (χ4v) is 2.53. The van der Waals surface area contributed by atoms with Crippen molar-refractivity contribution in [1.29, 1.82) is 0 Å². The molecule has 0 radical (unpaired) electrons. The molecular weight excluding hydrogens is 112 g/mol. The summed E-state index contributed by atoms with van der Waals surface area (Å²) in [4.78, 5) is 0. The minimum atomic E-state index is 0.0671. The fourth-order valence-electron chi connectivity index (χ4n) is 2.53. The standard InChI is InChI=1S/C8H14O/c9-8-5-4-6-2-1-3-7(6)8/h6-9H,1-5H2/t6-,7+,8+/m0/s1. The van der Waals surface area contributed by atoms with Crippen LogP contribution in [-0.2, 0) is 0 Å². The van der Waals surface area contributed by atoms with Crippen molar-refractivity contribution in [2.24, 2.45) is 11.8 Å². The van der Waals surface area contributed by atoms with Crippen molar-refractivity contribution in [3.8, 4) is 0 Å². The molecule has 0 unspecified atom stereocenters. The average molecular weight is 126 g/mol. The summed E-state index contributed by atoms with van der Waals surface area (Å²) in [5.74, 6) is 1.60. The third kappa shape index (κ3) is 0.787. The van der Waals surface area contributed by atoms with Gasteiger partial charge >= 0.3 is 0 Å². The van der Waals surface area contributed by atoms with Gasteiger partial charge in [0.25, 0.3) is 0 Å². The minimum Gasteiger partial charge on any atom is -0.393 e. The Labute approximate surface area is 56.1 Å². The Morgan fingerprint density at radius 2 is 1.89 bits per heavy atom. The normalized spacial score (nSPS) is 49.7. The highest BCUT2D eigenvalue weighted by Crippen LogP contribution is 2.43. The number of rotatable bonds is 0. The van der Waals surface area contributed by atoms with Gasteiger partial charge in [-0.05, 0) is 31.1 Å². The van der Waals surface area contributed by atoms with Gasteiger partial charge in [0.2, 0.25) is 0 Å². The van der Waals surface area contributed by atoms with Crippen LogP contribution in [0.4, 0.5) is 0 Å². The van der Waals surface area contributed by atoms with Crippen LogP contribution in [0.15, 0.2) is 0 Å². The Bertz CT molecular complexity index is 111. The predicted octanol–water partition coefficient (Wildman–Crippen LogP) is 1.56. The molecule has 9 heavy (non-hydrogen) atoms. The molecular formula is C8H14O. The van der Waals surface area contributed by atoms with E-state index in [2.05, 4.69) is 0 Å². The number of aliphatic hydroxyl groups is 1. The van der Waals surface area contributed by atoms with E-state index in [-0.39, 0.29) is 6.10 Å². The van der Waals surface area contributed by atoms with Gasteiger partial charge in [-0.15, -0.1) is 0 Å². The lowest BCUT2D eigenvalue weighted by atomic mass is 9.99. The third-order valence-corrected chi connectivity index (χ3v) is 3.05. The smallest absolute Gasteiger partial charge is 0.0571 e. The van der Waals surface area contributed by atoms with Gasteiger partial charge in [0.05, 0.1) is 6.10 Å². The Hall–Kier alpha value is -0.0400. The lowest BCUT2D eigenvalue weighted by Gasteiger charge is -2.10. The first-order valence-corrected chi connectivity index (χ1v) is 4.06. The van der Waals surface area contributed by atoms with E-state index in [0.29, 0.717) is 5.92 Å². The van der Waals surface area contributed by atoms with Gasteiger partial charge in [0.1, 0.15) is 0 Å². The van der Waals surface area contributed by atoms with Crippen molar-refractivity contribution in [1.82, 2.24) is 0 Å². The lowest BCUT2D eigenvalue weighted by Crippen LogP contribution is -2.13. The summed E-state index contributed by atoms with van der Waals surface area (Å²) in [5.41, 5.74) is 0. The molecule has 1 N–H and O–H groups in total. The van der Waals surface area contributed by atoms with Gasteiger partial charge in [-0.1, -0.05) is 12.8 Å². The van der Waals surface area contributed by atoms with Crippen LogP contribution in [0.25, 0.3) is 0 Å². The number of hydrogen-bond acceptors (Lipinski definition) is 1. The number of aliphatic hydroxyl groups excluding tert-OH is 1. The summed E-state index contributed by atoms with van der Waals surface area (Å²) in [5, 5.41) is 9.40. The van der Waals surface area contributed by atoms with Gasteiger partial charge in [0, 0.05) is 0 Å². The SMILES string of the molecule is O[C@@H]1CC[C@@H]2CCC[C@H]21. The van der Waals surface area contributed by atoms with E-state index in [1.165, 1.54) is 25.7 Å². The molecule has 2 aliphatic carbocycles. The first-order chi connectivity index (χ1) is 4.38. The molecule has 0 aliphatic heterocycles. The molecule has 0 saturated heterocycles. The van der Waals surface area contributed by atoms with Crippen molar-refractivity contribution in [2.75, 3.05) is 0 Å². The maximum Gasteiger partial charge on any atom is 0.0571 e. The summed E-state index contributed by atoms with van der Waals surface area (Å²) >= 11 is 0. The van der Waals surface area contributed by atoms with Gasteiger partial charge < -0.3 is 5.11 Å². The zero-order chi connectivity index (χ0) is 6.27. The van der Waals surface area contributed by atoms with E-state index in [9.17, 15) is 5.11 Å². The Kier molecular flexibility index (Phi) is 1.26. The van der Waals surface area contributed by atoms with Crippen LogP contribution < -0.4 is 0 Å². The van der Waals surface area contributed by atoms with Crippen LogP contribution in [0.5, 0.6) is 0 Å². The predicted molar refractivity (Wildman–Crippen MR) is 36.1 cm³/mol. The molecule has 1 nitrogen and oxygen atoms in total. The monoisotopic (exact) mass is 126 g/mol. The number of hydrogen-bond donors (Lipinski definition) is 1. The summed E-state index contributed by atoms with van der Waals surface area (Å²) in [6.45, 7) is 0. The summed E-state index contributed by atoms with van der Waals surface area (Å²) in [6, 6.07) is 0. The Morgan fingerprint density at radius 1 is 1.00 bits per heavy atom. The van der Waals surface area contributed by atoms with Gasteiger partial charge in [-0.3, -0.25) is 0 Å². The van der Waals surface area contributed by atoms with Gasteiger partial charge in [0.15, 0.2) is 0 Å². The highest BCUT2D eigenvalue weighted by molar-refractivity contribution is 4.88. The Balaban J connectivity index is 2.07. The molecule has 1 heteroatoms. The van der Waals surface area contributed by atoms with Crippen LogP contribution in [-0.4, -0.2) is 11.2 Å². The molecule has 3 atom stereocenters. The fraction of sp³-hybridized carbons (Fsp3) is 1.00. The molecule has 0 aromatic carbocycles. The van der Waals surface area contributed by atoms with Crippen molar-refractivity contribution >= 4 is 0 Å². The van der Waals surface area contributed by atoms with Crippen LogP contribution in [0, 0.1) is 11.8 Å². The molecule has 2 rings (SSSR count). The molecule has 0 aromatic heterocycles. The van der Waals surface area contributed by atoms with E-state index in [1.807, 2.05) is 0 Å². The van der Waals surface area contributed by atoms with Crippen LogP contribution in [0.2, 0.25) is 0 Å². The second-order valence-corrected chi connectivity index (χ2v) is 3.50. The zero-order valence-electron chi connectivity index (χ0n) is 5.71. The van der Waals surface area contributed by atoms with Crippen LogP contribution in [0.3, 0.4) is 0 Å². The van der Waals surface area contributed by atoms with Crippen molar-refractivity contribution in [2.45, 2.75) is 38.2 Å². The topological polar surface area (TPSA) is 20.2 Å². The third-order valence-electron chi connectivity index (χ3n) is 3.05. The second-order valence-electron chi connectivity index (χ2n) is 3.50. The first-order valence-electron chi connectivity index (χ1n) is 4.06. The molecule has 0 heterocycles. The summed E-state index contributed by atoms with van der Waals surface area (Å²) in [7, 11) is 0. The Morgan fingerprint density at radius 3 is 2.67 bits per heavy atom. The summed E-state index contributed by atoms with van der Waals surface area (Å²) < 4.78 is 0. The van der Waals surface area contributed by atoms with E-state index in [4.69, 9.17) is 0 Å². The summed E-state index contributed by atoms with van der Waals surface area (Å²) in [6.07, 6.45) is 6.50. The molecule has 0 spiro atoms. The highest BCUT2D eigenvalue weighted by Gasteiger charge is 2.37. The maximum atomic E-state index is 9.40. The molecule has 0 bridgehead atoms. The van der Waals surface area contributed by atoms with E-state index >= 15 is 0 Å². The van der Waals surface area contributed by atoms with Crippen molar-refractivity contribution in [3.63, 3.8) is 0 Å². The molecule has 2 aliphatic rings. The maximum absolute atomic E-state index is 9.40. The number of fused-ring (bicyclic) bond motifs is 1.